The lowest BCUT2D eigenvalue weighted by atomic mass is 9.93. The molecule has 23 heavy (non-hydrogen) atoms. The van der Waals surface area contributed by atoms with Crippen molar-refractivity contribution in [3.05, 3.63) is 35.6 Å². The molecule has 1 saturated carbocycles. The summed E-state index contributed by atoms with van der Waals surface area (Å²) in [7, 11) is 0. The minimum atomic E-state index is -0.754. The summed E-state index contributed by atoms with van der Waals surface area (Å²) in [5.41, 5.74) is 0.162. The van der Waals surface area contributed by atoms with Crippen molar-refractivity contribution in [2.24, 2.45) is 0 Å². The second-order valence-corrected chi connectivity index (χ2v) is 6.35. The van der Waals surface area contributed by atoms with Crippen LogP contribution in [0.3, 0.4) is 0 Å². The molecule has 1 unspecified atom stereocenters. The average Bonchev–Trinajstić information content (AvgIpc) is 2.97. The Hall–Kier alpha value is -1.91. The van der Waals surface area contributed by atoms with Gasteiger partial charge in [0.15, 0.2) is 0 Å². The van der Waals surface area contributed by atoms with E-state index < -0.39 is 5.54 Å². The molecule has 1 fully saturated rings. The fourth-order valence-corrected chi connectivity index (χ4v) is 3.22. The first-order valence-corrected chi connectivity index (χ1v) is 8.31. The van der Waals surface area contributed by atoms with Crippen molar-refractivity contribution in [1.29, 1.82) is 0 Å². The van der Waals surface area contributed by atoms with E-state index in [0.717, 1.165) is 18.4 Å². The molecule has 0 radical (unpaired) electrons. The van der Waals surface area contributed by atoms with Crippen molar-refractivity contribution in [3.8, 4) is 0 Å². The number of carbonyl (C=O) groups excluding carboxylic acids is 2. The van der Waals surface area contributed by atoms with Gasteiger partial charge < -0.3 is 10.6 Å². The van der Waals surface area contributed by atoms with Gasteiger partial charge >= 0.3 is 0 Å². The summed E-state index contributed by atoms with van der Waals surface area (Å²) in [6.07, 6.45) is 3.56. The Morgan fingerprint density at radius 1 is 1.22 bits per heavy atom. The summed E-state index contributed by atoms with van der Waals surface area (Å²) < 4.78 is 13.0. The first kappa shape index (κ1) is 17.4. The molecule has 126 valence electrons. The van der Waals surface area contributed by atoms with Crippen LogP contribution in [0.1, 0.15) is 57.4 Å². The molecule has 1 atom stereocenters. The molecule has 0 aromatic heterocycles. The van der Waals surface area contributed by atoms with Gasteiger partial charge in [-0.2, -0.15) is 0 Å². The molecule has 2 amide bonds. The SMILES string of the molecule is CCNC(=O)C1(NC(=O)CC(C)c2ccc(F)cc2)CCCC1. The standard InChI is InChI=1S/C18H25FN2O2/c1-3-20-17(23)18(10-4-5-11-18)21-16(22)12-13(2)14-6-8-15(19)9-7-14/h6-9,13H,3-5,10-12H2,1-2H3,(H,20,23)(H,21,22). The molecule has 5 heteroatoms. The van der Waals surface area contributed by atoms with Crippen LogP contribution in [-0.4, -0.2) is 23.9 Å². The molecule has 1 aromatic rings. The molecule has 0 heterocycles. The highest BCUT2D eigenvalue weighted by Crippen LogP contribution is 2.30. The number of benzene rings is 1. The van der Waals surface area contributed by atoms with Gasteiger partial charge in [-0.15, -0.1) is 0 Å². The number of rotatable bonds is 6. The molecule has 2 rings (SSSR count). The third-order valence-electron chi connectivity index (χ3n) is 4.54. The highest BCUT2D eigenvalue weighted by molar-refractivity contribution is 5.91. The molecule has 0 spiro atoms. The monoisotopic (exact) mass is 320 g/mol. The van der Waals surface area contributed by atoms with Gasteiger partial charge in [0, 0.05) is 13.0 Å². The molecule has 2 N–H and O–H groups in total. The highest BCUT2D eigenvalue weighted by Gasteiger charge is 2.42. The van der Waals surface area contributed by atoms with Crippen LogP contribution in [0.15, 0.2) is 24.3 Å². The van der Waals surface area contributed by atoms with Crippen LogP contribution in [0.5, 0.6) is 0 Å². The normalized spacial score (nSPS) is 17.5. The van der Waals surface area contributed by atoms with Crippen LogP contribution >= 0.6 is 0 Å². The zero-order valence-corrected chi connectivity index (χ0v) is 13.8. The van der Waals surface area contributed by atoms with E-state index in [-0.39, 0.29) is 30.0 Å². The van der Waals surface area contributed by atoms with Gasteiger partial charge in [-0.25, -0.2) is 4.39 Å². The van der Waals surface area contributed by atoms with E-state index in [2.05, 4.69) is 10.6 Å². The number of hydrogen-bond acceptors (Lipinski definition) is 2. The van der Waals surface area contributed by atoms with E-state index in [1.807, 2.05) is 13.8 Å². The van der Waals surface area contributed by atoms with Crippen molar-refractivity contribution >= 4 is 11.8 Å². The first-order chi connectivity index (χ1) is 11.0. The molecule has 0 bridgehead atoms. The smallest absolute Gasteiger partial charge is 0.245 e. The number of likely N-dealkylation sites (N-methyl/N-ethyl adjacent to an activating group) is 1. The molecular formula is C18H25FN2O2. The Morgan fingerprint density at radius 2 is 1.83 bits per heavy atom. The summed E-state index contributed by atoms with van der Waals surface area (Å²) in [5.74, 6) is -0.523. The lowest BCUT2D eigenvalue weighted by Gasteiger charge is -2.29. The lowest BCUT2D eigenvalue weighted by molar-refractivity contribution is -0.133. The van der Waals surface area contributed by atoms with E-state index in [1.165, 1.54) is 12.1 Å². The van der Waals surface area contributed by atoms with E-state index in [0.29, 0.717) is 19.4 Å². The van der Waals surface area contributed by atoms with Gasteiger partial charge in [0.1, 0.15) is 11.4 Å². The number of amides is 2. The van der Waals surface area contributed by atoms with Crippen LogP contribution < -0.4 is 10.6 Å². The third kappa shape index (κ3) is 4.30. The third-order valence-corrected chi connectivity index (χ3v) is 4.54. The van der Waals surface area contributed by atoms with Gasteiger partial charge in [0.25, 0.3) is 0 Å². The minimum absolute atomic E-state index is 0.0247. The Balaban J connectivity index is 1.99. The number of nitrogens with one attached hydrogen (secondary N) is 2. The second-order valence-electron chi connectivity index (χ2n) is 6.35. The number of halogens is 1. The number of hydrogen-bond donors (Lipinski definition) is 2. The van der Waals surface area contributed by atoms with Crippen LogP contribution in [-0.2, 0) is 9.59 Å². The average molecular weight is 320 g/mol. The Labute approximate surface area is 136 Å². The van der Waals surface area contributed by atoms with Gasteiger partial charge in [-0.1, -0.05) is 31.9 Å². The molecule has 0 saturated heterocycles. The van der Waals surface area contributed by atoms with Crippen molar-refractivity contribution in [3.63, 3.8) is 0 Å². The lowest BCUT2D eigenvalue weighted by Crippen LogP contribution is -2.57. The maximum Gasteiger partial charge on any atom is 0.245 e. The van der Waals surface area contributed by atoms with Crippen LogP contribution in [0.4, 0.5) is 4.39 Å². The van der Waals surface area contributed by atoms with E-state index in [4.69, 9.17) is 0 Å². The van der Waals surface area contributed by atoms with E-state index >= 15 is 0 Å². The molecule has 4 nitrogen and oxygen atoms in total. The van der Waals surface area contributed by atoms with Gasteiger partial charge in [0.2, 0.25) is 11.8 Å². The summed E-state index contributed by atoms with van der Waals surface area (Å²) in [6.45, 7) is 4.36. The molecular weight excluding hydrogens is 295 g/mol. The van der Waals surface area contributed by atoms with Gasteiger partial charge in [-0.05, 0) is 43.4 Å². The molecule has 1 aromatic carbocycles. The predicted octanol–water partition coefficient (Wildman–Crippen LogP) is 2.88. The molecule has 0 aliphatic heterocycles. The topological polar surface area (TPSA) is 58.2 Å². The van der Waals surface area contributed by atoms with E-state index in [9.17, 15) is 14.0 Å². The summed E-state index contributed by atoms with van der Waals surface area (Å²) in [5, 5.41) is 5.79. The van der Waals surface area contributed by atoms with Crippen molar-refractivity contribution < 1.29 is 14.0 Å². The minimum Gasteiger partial charge on any atom is -0.354 e. The summed E-state index contributed by atoms with van der Waals surface area (Å²) >= 11 is 0. The Morgan fingerprint density at radius 3 is 2.39 bits per heavy atom. The Kier molecular flexibility index (Phi) is 5.74. The quantitative estimate of drug-likeness (QED) is 0.847. The van der Waals surface area contributed by atoms with Crippen molar-refractivity contribution in [2.75, 3.05) is 6.54 Å². The largest absolute Gasteiger partial charge is 0.354 e. The van der Waals surface area contributed by atoms with Crippen LogP contribution in [0.25, 0.3) is 0 Å². The van der Waals surface area contributed by atoms with Crippen LogP contribution in [0.2, 0.25) is 0 Å². The van der Waals surface area contributed by atoms with Crippen molar-refractivity contribution in [2.45, 2.75) is 57.4 Å². The number of carbonyl (C=O) groups is 2. The van der Waals surface area contributed by atoms with Crippen molar-refractivity contribution in [1.82, 2.24) is 10.6 Å². The maximum absolute atomic E-state index is 13.0. The van der Waals surface area contributed by atoms with Crippen LogP contribution in [0, 0.1) is 5.82 Å². The molecule has 1 aliphatic carbocycles. The first-order valence-electron chi connectivity index (χ1n) is 8.31. The molecule has 1 aliphatic rings. The maximum atomic E-state index is 13.0. The fourth-order valence-electron chi connectivity index (χ4n) is 3.22. The second kappa shape index (κ2) is 7.57. The zero-order chi connectivity index (χ0) is 16.9. The highest BCUT2D eigenvalue weighted by atomic mass is 19.1. The summed E-state index contributed by atoms with van der Waals surface area (Å²) in [4.78, 5) is 24.7. The van der Waals surface area contributed by atoms with E-state index in [1.54, 1.807) is 12.1 Å². The van der Waals surface area contributed by atoms with Gasteiger partial charge in [-0.3, -0.25) is 9.59 Å². The van der Waals surface area contributed by atoms with Gasteiger partial charge in [0.05, 0.1) is 0 Å². The fraction of sp³-hybridized carbons (Fsp3) is 0.556. The zero-order valence-electron chi connectivity index (χ0n) is 13.8. The summed E-state index contributed by atoms with van der Waals surface area (Å²) in [6, 6.07) is 6.19. The predicted molar refractivity (Wildman–Crippen MR) is 87.5 cm³/mol. The Bertz CT molecular complexity index is 551.